The third-order valence-corrected chi connectivity index (χ3v) is 3.77. The van der Waals surface area contributed by atoms with Crippen LogP contribution >= 0.6 is 11.6 Å². The molecule has 2 amide bonds. The van der Waals surface area contributed by atoms with Crippen LogP contribution in [0.1, 0.15) is 24.5 Å². The first kappa shape index (κ1) is 15.5. The summed E-state index contributed by atoms with van der Waals surface area (Å²) in [5.74, 6) is 2.48. The fourth-order valence-corrected chi connectivity index (χ4v) is 2.38. The predicted molar refractivity (Wildman–Crippen MR) is 85.7 cm³/mol. The van der Waals surface area contributed by atoms with Crippen molar-refractivity contribution in [3.63, 3.8) is 0 Å². The smallest absolute Gasteiger partial charge is 0.325 e. The van der Waals surface area contributed by atoms with Gasteiger partial charge in [0.15, 0.2) is 5.82 Å². The van der Waals surface area contributed by atoms with Crippen molar-refractivity contribution < 1.29 is 18.8 Å². The van der Waals surface area contributed by atoms with Crippen LogP contribution < -0.4 is 20.1 Å². The molecule has 3 rings (SSSR count). The number of nitrogens with one attached hydrogen (secondary N) is 2. The van der Waals surface area contributed by atoms with Gasteiger partial charge in [0.2, 0.25) is 0 Å². The van der Waals surface area contributed by atoms with Gasteiger partial charge in [-0.25, -0.2) is 4.79 Å². The van der Waals surface area contributed by atoms with E-state index in [0.717, 1.165) is 18.6 Å². The van der Waals surface area contributed by atoms with E-state index in [0.29, 0.717) is 33.9 Å². The average molecular weight is 338 g/mol. The highest BCUT2D eigenvalue weighted by Crippen LogP contribution is 2.40. The summed E-state index contributed by atoms with van der Waals surface area (Å²) in [7, 11) is 2.99. The van der Waals surface area contributed by atoms with Crippen molar-refractivity contribution in [1.82, 2.24) is 5.16 Å². The summed E-state index contributed by atoms with van der Waals surface area (Å²) in [5.41, 5.74) is 0.418. The molecule has 23 heavy (non-hydrogen) atoms. The summed E-state index contributed by atoms with van der Waals surface area (Å²) in [5, 5.41) is 9.45. The number of methoxy groups -OCH3 is 2. The normalized spacial score (nSPS) is 13.5. The molecule has 0 saturated heterocycles. The lowest BCUT2D eigenvalue weighted by atomic mass is 10.2. The van der Waals surface area contributed by atoms with E-state index in [1.165, 1.54) is 14.2 Å². The molecule has 1 aliphatic rings. The highest BCUT2D eigenvalue weighted by atomic mass is 35.5. The first-order valence-corrected chi connectivity index (χ1v) is 7.44. The predicted octanol–water partition coefficient (Wildman–Crippen LogP) is 3.87. The molecule has 0 atom stereocenters. The van der Waals surface area contributed by atoms with Crippen molar-refractivity contribution in [2.45, 2.75) is 18.8 Å². The van der Waals surface area contributed by atoms with Gasteiger partial charge in [-0.15, -0.1) is 0 Å². The Labute approximate surface area is 137 Å². The maximum absolute atomic E-state index is 12.1. The van der Waals surface area contributed by atoms with Gasteiger partial charge in [-0.2, -0.15) is 0 Å². The SMILES string of the molecule is COc1cc(OC)c(NC(=O)Nc2cc(C3CC3)on2)cc1Cl. The fourth-order valence-electron chi connectivity index (χ4n) is 2.14. The average Bonchev–Trinajstić information content (AvgIpc) is 3.28. The number of amides is 2. The zero-order chi connectivity index (χ0) is 16.4. The lowest BCUT2D eigenvalue weighted by Gasteiger charge is -2.13. The van der Waals surface area contributed by atoms with Gasteiger partial charge >= 0.3 is 6.03 Å². The van der Waals surface area contributed by atoms with Crippen molar-refractivity contribution in [1.29, 1.82) is 0 Å². The Morgan fingerprint density at radius 3 is 2.61 bits per heavy atom. The van der Waals surface area contributed by atoms with Crippen LogP contribution in [0.25, 0.3) is 0 Å². The Bertz CT molecular complexity index is 728. The molecule has 0 aliphatic heterocycles. The Morgan fingerprint density at radius 1 is 1.22 bits per heavy atom. The molecule has 1 heterocycles. The van der Waals surface area contributed by atoms with Crippen molar-refractivity contribution >= 4 is 29.1 Å². The lowest BCUT2D eigenvalue weighted by Crippen LogP contribution is -2.20. The zero-order valence-corrected chi connectivity index (χ0v) is 13.4. The zero-order valence-electron chi connectivity index (χ0n) is 12.7. The minimum Gasteiger partial charge on any atom is -0.495 e. The van der Waals surface area contributed by atoms with Crippen LogP contribution in [0.15, 0.2) is 22.7 Å². The van der Waals surface area contributed by atoms with E-state index >= 15 is 0 Å². The Kier molecular flexibility index (Phi) is 4.29. The second kappa shape index (κ2) is 6.37. The van der Waals surface area contributed by atoms with Gasteiger partial charge in [-0.1, -0.05) is 16.8 Å². The molecule has 2 aromatic rings. The largest absolute Gasteiger partial charge is 0.495 e. The van der Waals surface area contributed by atoms with E-state index in [1.807, 2.05) is 0 Å². The number of nitrogens with zero attached hydrogens (tertiary/aromatic N) is 1. The molecule has 0 bridgehead atoms. The van der Waals surface area contributed by atoms with Crippen molar-refractivity contribution in [2.75, 3.05) is 24.9 Å². The summed E-state index contributed by atoms with van der Waals surface area (Å²) in [4.78, 5) is 12.1. The molecular weight excluding hydrogens is 322 g/mol. The summed E-state index contributed by atoms with van der Waals surface area (Å²) in [6.45, 7) is 0. The summed E-state index contributed by atoms with van der Waals surface area (Å²) < 4.78 is 15.5. The summed E-state index contributed by atoms with van der Waals surface area (Å²) in [6, 6.07) is 4.41. The number of aromatic nitrogens is 1. The Balaban J connectivity index is 1.70. The van der Waals surface area contributed by atoms with Crippen molar-refractivity contribution in [3.05, 3.63) is 29.0 Å². The number of carbonyl (C=O) groups excluding carboxylic acids is 1. The number of anilines is 2. The van der Waals surface area contributed by atoms with Gasteiger partial charge in [-0.05, 0) is 18.9 Å². The van der Waals surface area contributed by atoms with Gasteiger partial charge < -0.3 is 19.3 Å². The maximum Gasteiger partial charge on any atom is 0.325 e. The third-order valence-electron chi connectivity index (χ3n) is 3.47. The number of hydrogen-bond acceptors (Lipinski definition) is 5. The molecule has 122 valence electrons. The van der Waals surface area contributed by atoms with Crippen LogP contribution in [0.3, 0.4) is 0 Å². The molecule has 1 aromatic carbocycles. The van der Waals surface area contributed by atoms with E-state index in [9.17, 15) is 4.79 Å². The number of carbonyl (C=O) groups is 1. The quantitative estimate of drug-likeness (QED) is 0.865. The molecular formula is C15H16ClN3O4. The molecule has 1 fully saturated rings. The van der Waals surface area contributed by atoms with Gasteiger partial charge in [0.25, 0.3) is 0 Å². The number of ether oxygens (including phenoxy) is 2. The van der Waals surface area contributed by atoms with Gasteiger partial charge in [0.1, 0.15) is 17.3 Å². The third kappa shape index (κ3) is 3.50. The molecule has 1 aliphatic carbocycles. The number of rotatable bonds is 5. The molecule has 2 N–H and O–H groups in total. The van der Waals surface area contributed by atoms with Gasteiger partial charge in [-0.3, -0.25) is 5.32 Å². The van der Waals surface area contributed by atoms with Gasteiger partial charge in [0.05, 0.1) is 24.9 Å². The number of hydrogen-bond donors (Lipinski definition) is 2. The van der Waals surface area contributed by atoms with Crippen LogP contribution in [0, 0.1) is 0 Å². The van der Waals surface area contributed by atoms with Crippen molar-refractivity contribution in [3.8, 4) is 11.5 Å². The Hall–Kier alpha value is -2.41. The first-order chi connectivity index (χ1) is 11.1. The second-order valence-electron chi connectivity index (χ2n) is 5.15. The molecule has 8 heteroatoms. The minimum atomic E-state index is -0.472. The van der Waals surface area contributed by atoms with Crippen molar-refractivity contribution in [2.24, 2.45) is 0 Å². The molecule has 0 radical (unpaired) electrons. The number of urea groups is 1. The van der Waals surface area contributed by atoms with E-state index in [2.05, 4.69) is 15.8 Å². The summed E-state index contributed by atoms with van der Waals surface area (Å²) in [6.07, 6.45) is 2.20. The molecule has 7 nitrogen and oxygen atoms in total. The number of benzene rings is 1. The molecule has 1 aromatic heterocycles. The highest BCUT2D eigenvalue weighted by Gasteiger charge is 2.28. The standard InChI is InChI=1S/C15H16ClN3O4/c1-21-12-6-13(22-2)10(5-9(12)16)17-15(20)18-14-7-11(23-19-14)8-3-4-8/h5-8H,3-4H2,1-2H3,(H2,17,18,19,20). The summed E-state index contributed by atoms with van der Waals surface area (Å²) >= 11 is 6.07. The lowest BCUT2D eigenvalue weighted by molar-refractivity contribution is 0.261. The van der Waals surface area contributed by atoms with E-state index in [1.54, 1.807) is 18.2 Å². The first-order valence-electron chi connectivity index (χ1n) is 7.07. The van der Waals surface area contributed by atoms with Crippen LogP contribution in [-0.2, 0) is 0 Å². The van der Waals surface area contributed by atoms with Crippen LogP contribution in [-0.4, -0.2) is 25.4 Å². The monoisotopic (exact) mass is 337 g/mol. The molecule has 0 spiro atoms. The maximum atomic E-state index is 12.1. The Morgan fingerprint density at radius 2 is 1.96 bits per heavy atom. The van der Waals surface area contributed by atoms with Crippen LogP contribution in [0.2, 0.25) is 5.02 Å². The van der Waals surface area contributed by atoms with E-state index < -0.39 is 6.03 Å². The van der Waals surface area contributed by atoms with E-state index in [4.69, 9.17) is 25.6 Å². The van der Waals surface area contributed by atoms with Crippen LogP contribution in [0.5, 0.6) is 11.5 Å². The van der Waals surface area contributed by atoms with Crippen LogP contribution in [0.4, 0.5) is 16.3 Å². The molecule has 0 unspecified atom stereocenters. The topological polar surface area (TPSA) is 85.6 Å². The number of halogens is 1. The highest BCUT2D eigenvalue weighted by molar-refractivity contribution is 6.32. The van der Waals surface area contributed by atoms with E-state index in [-0.39, 0.29) is 0 Å². The fraction of sp³-hybridized carbons (Fsp3) is 0.333. The minimum absolute atomic E-state index is 0.362. The van der Waals surface area contributed by atoms with Gasteiger partial charge in [0, 0.05) is 18.1 Å². The molecule has 1 saturated carbocycles. The second-order valence-corrected chi connectivity index (χ2v) is 5.56.